The minimum Gasteiger partial charge on any atom is -0.376 e. The van der Waals surface area contributed by atoms with E-state index in [4.69, 9.17) is 4.98 Å². The lowest BCUT2D eigenvalue weighted by atomic mass is 9.43. The molecule has 3 aromatic heterocycles. The smallest absolute Gasteiger partial charge is 0.333 e. The van der Waals surface area contributed by atoms with Crippen LogP contribution in [0.4, 0.5) is 11.4 Å². The number of benzene rings is 8. The Balaban J connectivity index is 1.20. The minimum absolute atomic E-state index is 0.0167. The molecule has 0 amide bonds. The molecule has 1 aliphatic carbocycles. The average molecular weight is 942 g/mol. The third-order valence-electron chi connectivity index (χ3n) is 16.2. The average Bonchev–Trinajstić information content (AvgIpc) is 4.07. The van der Waals surface area contributed by atoms with Crippen molar-refractivity contribution in [1.82, 2.24) is 9.55 Å². The minimum atomic E-state index is -0.277. The second-order valence-electron chi connectivity index (χ2n) is 24.0. The molecule has 3 nitrogen and oxygen atoms in total. The Morgan fingerprint density at radius 2 is 1.21 bits per heavy atom. The van der Waals surface area contributed by atoms with Crippen molar-refractivity contribution < 1.29 is 0 Å². The van der Waals surface area contributed by atoms with Crippen LogP contribution < -0.4 is 15.7 Å². The van der Waals surface area contributed by atoms with Gasteiger partial charge in [0, 0.05) is 64.5 Å². The highest BCUT2D eigenvalue weighted by molar-refractivity contribution is 7.26. The van der Waals surface area contributed by atoms with Crippen LogP contribution in [0.5, 0.6) is 0 Å². The number of hydrogen-bond donors (Lipinski definition) is 0. The zero-order chi connectivity index (χ0) is 48.1. The topological polar surface area (TPSA) is 21.1 Å². The zero-order valence-electron chi connectivity index (χ0n) is 42.0. The standard InChI is InChI=1S/C64H56BN3S2/c1-61(2,3)36-21-25-39(26-22-36)68-49-31-42-40-27-23-38(63(7,8)9)30-51(40)69-52(42)32-44(49)56-57-54(41-19-15-16-20-45(41)64(57,10)11)55-43-29-37(62(4,5)6)24-28-48(43)67-50-34-53-47(33-46(50)65(68)58(56)59(55)67)66-60(70-53)35-17-13-12-14-18-35/h12-34H,1-11H3. The fourth-order valence-electron chi connectivity index (χ4n) is 12.6. The Labute approximate surface area is 419 Å². The van der Waals surface area contributed by atoms with Gasteiger partial charge < -0.3 is 9.38 Å². The van der Waals surface area contributed by atoms with E-state index in [9.17, 15) is 0 Å². The normalized spacial score (nSPS) is 14.8. The lowest BCUT2D eigenvalue weighted by Crippen LogP contribution is -2.61. The van der Waals surface area contributed by atoms with Crippen LogP contribution in [-0.4, -0.2) is 16.4 Å². The summed E-state index contributed by atoms with van der Waals surface area (Å²) in [6, 6.07) is 54.3. The summed E-state index contributed by atoms with van der Waals surface area (Å²) in [7, 11) is 0. The van der Waals surface area contributed by atoms with E-state index in [-0.39, 0.29) is 28.5 Å². The van der Waals surface area contributed by atoms with Crippen molar-refractivity contribution in [3.8, 4) is 38.5 Å². The maximum atomic E-state index is 5.47. The molecule has 0 atom stereocenters. The third-order valence-corrected chi connectivity index (χ3v) is 18.4. The van der Waals surface area contributed by atoms with Gasteiger partial charge in [0.15, 0.2) is 0 Å². The SMILES string of the molecule is CC(C)(C)c1ccc(N2B3c4cc5nc(-c6ccccc6)sc5cc4-n4c5ccc(C(C)(C)C)cc5c5c6c(c(c3c54)-c3cc4sc5cc(C(C)(C)C)ccc5c4cc32)C(C)(C)c2ccccc2-6)cc1. The van der Waals surface area contributed by atoms with Gasteiger partial charge in [-0.3, -0.25) is 0 Å². The van der Waals surface area contributed by atoms with Gasteiger partial charge in [-0.1, -0.05) is 161 Å². The number of thiazole rings is 1. The van der Waals surface area contributed by atoms with Crippen LogP contribution in [0.15, 0.2) is 140 Å². The molecule has 70 heavy (non-hydrogen) atoms. The molecule has 2 aliphatic heterocycles. The maximum absolute atomic E-state index is 5.47. The van der Waals surface area contributed by atoms with Gasteiger partial charge in [-0.2, -0.15) is 0 Å². The highest BCUT2D eigenvalue weighted by atomic mass is 32.1. The number of hydrogen-bond acceptors (Lipinski definition) is 4. The van der Waals surface area contributed by atoms with Gasteiger partial charge in [-0.25, -0.2) is 4.98 Å². The van der Waals surface area contributed by atoms with E-state index in [1.807, 2.05) is 11.3 Å². The van der Waals surface area contributed by atoms with Gasteiger partial charge in [0.25, 0.3) is 0 Å². The molecule has 0 radical (unpaired) electrons. The van der Waals surface area contributed by atoms with Crippen LogP contribution in [-0.2, 0) is 21.7 Å². The largest absolute Gasteiger partial charge is 0.376 e. The zero-order valence-corrected chi connectivity index (χ0v) is 43.6. The molecule has 0 bridgehead atoms. The molecule has 0 spiro atoms. The lowest BCUT2D eigenvalue weighted by Gasteiger charge is -2.44. The van der Waals surface area contributed by atoms with Gasteiger partial charge in [0.2, 0.25) is 0 Å². The number of nitrogens with zero attached hydrogens (tertiary/aromatic N) is 3. The van der Waals surface area contributed by atoms with Crippen molar-refractivity contribution in [2.24, 2.45) is 0 Å². The predicted molar refractivity (Wildman–Crippen MR) is 305 cm³/mol. The van der Waals surface area contributed by atoms with E-state index in [2.05, 4.69) is 225 Å². The second kappa shape index (κ2) is 13.9. The Hall–Kier alpha value is -6.47. The first-order chi connectivity index (χ1) is 33.4. The van der Waals surface area contributed by atoms with Crippen molar-refractivity contribution in [3.05, 3.63) is 167 Å². The molecule has 11 aromatic rings. The predicted octanol–water partition coefficient (Wildman–Crippen LogP) is 16.9. The van der Waals surface area contributed by atoms with E-state index in [0.717, 1.165) is 16.1 Å². The number of aromatic nitrogens is 2. The summed E-state index contributed by atoms with van der Waals surface area (Å²) in [6.07, 6.45) is 0. The summed E-state index contributed by atoms with van der Waals surface area (Å²) in [4.78, 5) is 8.20. The molecule has 0 unspecified atom stereocenters. The molecule has 0 fully saturated rings. The highest BCUT2D eigenvalue weighted by Gasteiger charge is 2.50. The monoisotopic (exact) mass is 941 g/mol. The van der Waals surface area contributed by atoms with Gasteiger partial charge in [0.05, 0.1) is 21.3 Å². The summed E-state index contributed by atoms with van der Waals surface area (Å²) >= 11 is 3.75. The van der Waals surface area contributed by atoms with Crippen molar-refractivity contribution in [2.75, 3.05) is 4.81 Å². The Morgan fingerprint density at radius 3 is 1.96 bits per heavy atom. The Kier molecular flexibility index (Phi) is 8.42. The summed E-state index contributed by atoms with van der Waals surface area (Å²) in [6.45, 7) is 25.8. The summed E-state index contributed by atoms with van der Waals surface area (Å²) < 4.78 is 6.56. The second-order valence-corrected chi connectivity index (χ2v) is 26.1. The molecule has 14 rings (SSSR count). The molecule has 0 N–H and O–H groups in total. The molecule has 8 aromatic carbocycles. The Bertz CT molecular complexity index is 4090. The van der Waals surface area contributed by atoms with Gasteiger partial charge in [-0.15, -0.1) is 22.7 Å². The first-order valence-corrected chi connectivity index (χ1v) is 26.7. The molecule has 0 saturated carbocycles. The van der Waals surface area contributed by atoms with Crippen LogP contribution >= 0.6 is 22.7 Å². The fraction of sp³-hybridized carbons (Fsp3) is 0.234. The fourth-order valence-corrected chi connectivity index (χ4v) is 14.7. The number of thiophene rings is 1. The third kappa shape index (κ3) is 5.72. The summed E-state index contributed by atoms with van der Waals surface area (Å²) in [5.74, 6) is 0. The van der Waals surface area contributed by atoms with Crippen molar-refractivity contribution in [1.29, 1.82) is 0 Å². The first-order valence-electron chi connectivity index (χ1n) is 25.1. The summed E-state index contributed by atoms with van der Waals surface area (Å²) in [5, 5.41) is 6.41. The molecule has 3 aliphatic rings. The van der Waals surface area contributed by atoms with E-state index in [1.54, 1.807) is 11.3 Å². The molecule has 6 heteroatoms. The lowest BCUT2D eigenvalue weighted by molar-refractivity contribution is 0.590. The molecule has 5 heterocycles. The quantitative estimate of drug-likeness (QED) is 0.161. The molecular formula is C64H56BN3S2. The van der Waals surface area contributed by atoms with Gasteiger partial charge >= 0.3 is 6.85 Å². The van der Waals surface area contributed by atoms with Crippen LogP contribution in [0, 0.1) is 0 Å². The van der Waals surface area contributed by atoms with Gasteiger partial charge in [0.1, 0.15) is 5.01 Å². The molecular weight excluding hydrogens is 886 g/mol. The highest BCUT2D eigenvalue weighted by Crippen LogP contribution is 2.60. The summed E-state index contributed by atoms with van der Waals surface area (Å²) in [5.41, 5.74) is 23.3. The Morgan fingerprint density at radius 1 is 0.543 bits per heavy atom. The van der Waals surface area contributed by atoms with Crippen molar-refractivity contribution in [3.63, 3.8) is 0 Å². The maximum Gasteiger partial charge on any atom is 0.333 e. The van der Waals surface area contributed by atoms with E-state index < -0.39 is 0 Å². The van der Waals surface area contributed by atoms with Crippen LogP contribution in [0.2, 0.25) is 0 Å². The van der Waals surface area contributed by atoms with Crippen LogP contribution in [0.25, 0.3) is 90.7 Å². The number of rotatable bonds is 2. The van der Waals surface area contributed by atoms with Crippen LogP contribution in [0.1, 0.15) is 104 Å². The first kappa shape index (κ1) is 42.4. The molecule has 0 saturated heterocycles. The van der Waals surface area contributed by atoms with Crippen molar-refractivity contribution in [2.45, 2.75) is 97.8 Å². The van der Waals surface area contributed by atoms with E-state index >= 15 is 0 Å². The van der Waals surface area contributed by atoms with Crippen LogP contribution in [0.3, 0.4) is 0 Å². The van der Waals surface area contributed by atoms with Crippen molar-refractivity contribution >= 4 is 104 Å². The van der Waals surface area contributed by atoms with E-state index in [1.165, 1.54) is 125 Å². The number of fused-ring (bicyclic) bond motifs is 17. The number of anilines is 2. The molecule has 342 valence electrons. The van der Waals surface area contributed by atoms with Gasteiger partial charge in [-0.05, 0) is 126 Å². The van der Waals surface area contributed by atoms with E-state index in [0.29, 0.717) is 0 Å².